The Bertz CT molecular complexity index is 473. The number of rotatable bonds is 1. The number of nitrogens with two attached hydrogens (primary N) is 1. The zero-order valence-electron chi connectivity index (χ0n) is 8.16. The van der Waals surface area contributed by atoms with E-state index in [1.54, 1.807) is 0 Å². The molecule has 1 unspecified atom stereocenters. The summed E-state index contributed by atoms with van der Waals surface area (Å²) in [5.74, 6) is 0.800. The summed E-state index contributed by atoms with van der Waals surface area (Å²) in [4.78, 5) is 4.23. The van der Waals surface area contributed by atoms with Crippen LogP contribution in [0.5, 0.6) is 0 Å². The molecule has 0 aromatic carbocycles. The number of aromatic nitrogens is 2. The molecule has 2 aromatic heterocycles. The van der Waals surface area contributed by atoms with Crippen LogP contribution in [-0.2, 0) is 0 Å². The molecule has 0 aliphatic rings. The van der Waals surface area contributed by atoms with Gasteiger partial charge in [-0.1, -0.05) is 17.7 Å². The second-order valence-electron chi connectivity index (χ2n) is 3.51. The molecule has 2 aromatic rings. The summed E-state index contributed by atoms with van der Waals surface area (Å²) in [7, 11) is 0. The van der Waals surface area contributed by atoms with E-state index in [1.807, 2.05) is 36.6 Å². The van der Waals surface area contributed by atoms with Crippen LogP contribution in [0.25, 0.3) is 5.52 Å². The Hall–Kier alpha value is -1.06. The highest BCUT2D eigenvalue weighted by atomic mass is 35.5. The standard InChI is InChI=1S/C10H12ClN3/c1-6-3-4-8-9(11)13-10(7(2)12)14(8)5-6/h3-5,7H,12H2,1-2H3. The average molecular weight is 210 g/mol. The number of hydrogen-bond donors (Lipinski definition) is 1. The van der Waals surface area contributed by atoms with Crippen LogP contribution in [0.15, 0.2) is 18.3 Å². The van der Waals surface area contributed by atoms with Gasteiger partial charge in [0, 0.05) is 6.20 Å². The van der Waals surface area contributed by atoms with E-state index in [0.29, 0.717) is 5.15 Å². The third kappa shape index (κ3) is 1.38. The van der Waals surface area contributed by atoms with E-state index < -0.39 is 0 Å². The van der Waals surface area contributed by atoms with Crippen LogP contribution in [0, 0.1) is 6.92 Å². The number of nitrogens with zero attached hydrogens (tertiary/aromatic N) is 2. The number of pyridine rings is 1. The van der Waals surface area contributed by atoms with Gasteiger partial charge in [0.25, 0.3) is 0 Å². The van der Waals surface area contributed by atoms with Gasteiger partial charge in [-0.25, -0.2) is 4.98 Å². The van der Waals surface area contributed by atoms with Gasteiger partial charge in [-0.3, -0.25) is 0 Å². The van der Waals surface area contributed by atoms with Crippen LogP contribution in [-0.4, -0.2) is 9.38 Å². The van der Waals surface area contributed by atoms with E-state index in [2.05, 4.69) is 4.98 Å². The van der Waals surface area contributed by atoms with Crippen molar-refractivity contribution in [2.45, 2.75) is 19.9 Å². The predicted molar refractivity (Wildman–Crippen MR) is 57.5 cm³/mol. The highest BCUT2D eigenvalue weighted by Gasteiger charge is 2.11. The van der Waals surface area contributed by atoms with Gasteiger partial charge in [0.1, 0.15) is 5.82 Å². The Morgan fingerprint density at radius 3 is 2.86 bits per heavy atom. The number of halogens is 1. The lowest BCUT2D eigenvalue weighted by Crippen LogP contribution is -2.09. The SMILES string of the molecule is Cc1ccc2c(Cl)nc(C(C)N)n2c1. The molecule has 0 saturated heterocycles. The van der Waals surface area contributed by atoms with Crippen molar-refractivity contribution in [2.75, 3.05) is 0 Å². The van der Waals surface area contributed by atoms with E-state index in [1.165, 1.54) is 0 Å². The van der Waals surface area contributed by atoms with Crippen LogP contribution >= 0.6 is 11.6 Å². The van der Waals surface area contributed by atoms with Gasteiger partial charge >= 0.3 is 0 Å². The van der Waals surface area contributed by atoms with Gasteiger partial charge < -0.3 is 10.1 Å². The molecule has 3 nitrogen and oxygen atoms in total. The molecule has 4 heteroatoms. The van der Waals surface area contributed by atoms with Crippen molar-refractivity contribution in [1.29, 1.82) is 0 Å². The van der Waals surface area contributed by atoms with Gasteiger partial charge in [0.05, 0.1) is 11.6 Å². The molecule has 14 heavy (non-hydrogen) atoms. The summed E-state index contributed by atoms with van der Waals surface area (Å²) in [6.07, 6.45) is 1.99. The first kappa shape index (κ1) is 9.49. The molecular weight excluding hydrogens is 198 g/mol. The highest BCUT2D eigenvalue weighted by Crippen LogP contribution is 2.21. The van der Waals surface area contributed by atoms with Gasteiger partial charge in [0.15, 0.2) is 5.15 Å². The van der Waals surface area contributed by atoms with E-state index in [0.717, 1.165) is 16.9 Å². The minimum absolute atomic E-state index is 0.114. The third-order valence-corrected chi connectivity index (χ3v) is 2.45. The van der Waals surface area contributed by atoms with Gasteiger partial charge in [-0.15, -0.1) is 0 Å². The fraction of sp³-hybridized carbons (Fsp3) is 0.300. The summed E-state index contributed by atoms with van der Waals surface area (Å²) in [5.41, 5.74) is 7.87. The second kappa shape index (κ2) is 3.26. The number of aryl methyl sites for hydroxylation is 1. The summed E-state index contributed by atoms with van der Waals surface area (Å²) >= 11 is 5.99. The van der Waals surface area contributed by atoms with Crippen LogP contribution in [0.2, 0.25) is 5.15 Å². The molecule has 0 aliphatic heterocycles. The van der Waals surface area contributed by atoms with Gasteiger partial charge in [0.2, 0.25) is 0 Å². The van der Waals surface area contributed by atoms with Crippen LogP contribution < -0.4 is 5.73 Å². The fourth-order valence-corrected chi connectivity index (χ4v) is 1.74. The van der Waals surface area contributed by atoms with Crippen molar-refractivity contribution < 1.29 is 0 Å². The maximum Gasteiger partial charge on any atom is 0.155 e. The molecule has 74 valence electrons. The Labute approximate surface area is 87.5 Å². The monoisotopic (exact) mass is 209 g/mol. The quantitative estimate of drug-likeness (QED) is 0.784. The number of imidazole rings is 1. The Kier molecular flexibility index (Phi) is 2.21. The Morgan fingerprint density at radius 2 is 2.21 bits per heavy atom. The van der Waals surface area contributed by atoms with E-state index in [9.17, 15) is 0 Å². The summed E-state index contributed by atoms with van der Waals surface area (Å²) in [6.45, 7) is 3.92. The summed E-state index contributed by atoms with van der Waals surface area (Å²) < 4.78 is 1.95. The van der Waals surface area contributed by atoms with Crippen molar-refractivity contribution in [3.8, 4) is 0 Å². The molecule has 0 radical (unpaired) electrons. The molecule has 2 N–H and O–H groups in total. The maximum absolute atomic E-state index is 5.99. The van der Waals surface area contributed by atoms with E-state index >= 15 is 0 Å². The molecule has 2 rings (SSSR count). The fourth-order valence-electron chi connectivity index (χ4n) is 1.50. The molecule has 0 fully saturated rings. The smallest absolute Gasteiger partial charge is 0.155 e. The minimum Gasteiger partial charge on any atom is -0.322 e. The molecule has 0 amide bonds. The maximum atomic E-state index is 5.99. The lowest BCUT2D eigenvalue weighted by atomic mass is 10.3. The molecule has 0 bridgehead atoms. The molecule has 0 saturated carbocycles. The largest absolute Gasteiger partial charge is 0.322 e. The van der Waals surface area contributed by atoms with Crippen molar-refractivity contribution in [1.82, 2.24) is 9.38 Å². The molecule has 2 heterocycles. The Morgan fingerprint density at radius 1 is 1.50 bits per heavy atom. The lowest BCUT2D eigenvalue weighted by molar-refractivity contribution is 0.735. The molecule has 0 aliphatic carbocycles. The topological polar surface area (TPSA) is 43.3 Å². The van der Waals surface area contributed by atoms with Gasteiger partial charge in [-0.2, -0.15) is 0 Å². The second-order valence-corrected chi connectivity index (χ2v) is 3.87. The van der Waals surface area contributed by atoms with Crippen molar-refractivity contribution in [3.63, 3.8) is 0 Å². The van der Waals surface area contributed by atoms with Crippen LogP contribution in [0.1, 0.15) is 24.4 Å². The summed E-state index contributed by atoms with van der Waals surface area (Å²) in [6, 6.07) is 3.85. The first-order valence-corrected chi connectivity index (χ1v) is 4.87. The summed E-state index contributed by atoms with van der Waals surface area (Å²) in [5, 5.41) is 0.511. The van der Waals surface area contributed by atoms with Crippen molar-refractivity contribution in [3.05, 3.63) is 34.9 Å². The predicted octanol–water partition coefficient (Wildman–Crippen LogP) is 2.32. The van der Waals surface area contributed by atoms with Crippen molar-refractivity contribution >= 4 is 17.1 Å². The normalized spacial score (nSPS) is 13.4. The first-order valence-electron chi connectivity index (χ1n) is 4.49. The van der Waals surface area contributed by atoms with Crippen molar-refractivity contribution in [2.24, 2.45) is 5.73 Å². The number of hydrogen-bond acceptors (Lipinski definition) is 2. The van der Waals surface area contributed by atoms with E-state index in [4.69, 9.17) is 17.3 Å². The van der Waals surface area contributed by atoms with Crippen LogP contribution in [0.4, 0.5) is 0 Å². The van der Waals surface area contributed by atoms with Gasteiger partial charge in [-0.05, 0) is 25.5 Å². The lowest BCUT2D eigenvalue weighted by Gasteiger charge is -2.04. The minimum atomic E-state index is -0.114. The highest BCUT2D eigenvalue weighted by molar-refractivity contribution is 6.32. The Balaban J connectivity index is 2.79. The molecule has 1 atom stereocenters. The zero-order chi connectivity index (χ0) is 10.3. The van der Waals surface area contributed by atoms with Crippen LogP contribution in [0.3, 0.4) is 0 Å². The molecule has 0 spiro atoms. The molecular formula is C10H12ClN3. The average Bonchev–Trinajstić information content (AvgIpc) is 2.43. The zero-order valence-corrected chi connectivity index (χ0v) is 8.92. The number of fused-ring (bicyclic) bond motifs is 1. The third-order valence-electron chi connectivity index (χ3n) is 2.17. The first-order chi connectivity index (χ1) is 6.59. The van der Waals surface area contributed by atoms with E-state index in [-0.39, 0.29) is 6.04 Å².